The Morgan fingerprint density at radius 3 is 2.46 bits per heavy atom. The minimum absolute atomic E-state index is 0.00299. The van der Waals surface area contributed by atoms with Gasteiger partial charge in [0.2, 0.25) is 10.0 Å². The van der Waals surface area contributed by atoms with E-state index in [1.807, 2.05) is 0 Å². The molecule has 2 aromatic rings. The maximum Gasteiger partial charge on any atom is 0.269 e. The summed E-state index contributed by atoms with van der Waals surface area (Å²) in [7, 11) is -3.83. The van der Waals surface area contributed by atoms with Crippen LogP contribution >= 0.6 is 23.2 Å². The molecule has 0 aliphatic carbocycles. The van der Waals surface area contributed by atoms with Gasteiger partial charge in [-0.2, -0.15) is 5.10 Å². The van der Waals surface area contributed by atoms with Gasteiger partial charge in [-0.1, -0.05) is 29.3 Å². The van der Waals surface area contributed by atoms with Crippen molar-refractivity contribution in [2.75, 3.05) is 17.1 Å². The number of hydrazone groups is 1. The van der Waals surface area contributed by atoms with Gasteiger partial charge in [-0.05, 0) is 29.8 Å². The van der Waals surface area contributed by atoms with Gasteiger partial charge in [0.25, 0.3) is 11.6 Å². The van der Waals surface area contributed by atoms with Crippen molar-refractivity contribution in [1.82, 2.24) is 5.43 Å². The lowest BCUT2D eigenvalue weighted by atomic mass is 10.2. The second-order valence-corrected chi connectivity index (χ2v) is 8.18. The lowest BCUT2D eigenvalue weighted by Crippen LogP contribution is -2.39. The molecule has 0 radical (unpaired) electrons. The number of nitro groups is 1. The Bertz CT molecular complexity index is 1030. The Morgan fingerprint density at radius 1 is 1.25 bits per heavy atom. The van der Waals surface area contributed by atoms with Gasteiger partial charge in [0.15, 0.2) is 0 Å². The lowest BCUT2D eigenvalue weighted by molar-refractivity contribution is -0.384. The van der Waals surface area contributed by atoms with Crippen LogP contribution in [0.3, 0.4) is 0 Å². The maximum atomic E-state index is 12.1. The van der Waals surface area contributed by atoms with E-state index in [-0.39, 0.29) is 21.4 Å². The average molecular weight is 445 g/mol. The molecule has 12 heteroatoms. The fraction of sp³-hybridized carbons (Fsp3) is 0.125. The van der Waals surface area contributed by atoms with Crippen molar-refractivity contribution < 1.29 is 18.1 Å². The first-order valence-corrected chi connectivity index (χ1v) is 10.2. The summed E-state index contributed by atoms with van der Waals surface area (Å²) in [5, 5.41) is 14.5. The minimum atomic E-state index is -3.83. The largest absolute Gasteiger partial charge is 0.271 e. The third-order valence-electron chi connectivity index (χ3n) is 3.39. The van der Waals surface area contributed by atoms with E-state index >= 15 is 0 Å². The third-order valence-corrected chi connectivity index (χ3v) is 5.33. The number of carbonyl (C=O) groups excluding carboxylic acids is 1. The zero-order chi connectivity index (χ0) is 20.9. The summed E-state index contributed by atoms with van der Waals surface area (Å²) in [6, 6.07) is 9.88. The molecule has 28 heavy (non-hydrogen) atoms. The van der Waals surface area contributed by atoms with Crippen LogP contribution in [0, 0.1) is 10.1 Å². The molecule has 2 rings (SSSR count). The molecular formula is C16H14Cl2N4O5S. The van der Waals surface area contributed by atoms with E-state index in [4.69, 9.17) is 23.2 Å². The van der Waals surface area contributed by atoms with Crippen molar-refractivity contribution in [1.29, 1.82) is 0 Å². The molecule has 2 aromatic carbocycles. The first-order valence-electron chi connectivity index (χ1n) is 7.57. The van der Waals surface area contributed by atoms with Crippen LogP contribution in [0.2, 0.25) is 10.0 Å². The summed E-state index contributed by atoms with van der Waals surface area (Å²) in [4.78, 5) is 22.2. The number of hydrogen-bond acceptors (Lipinski definition) is 6. The monoisotopic (exact) mass is 444 g/mol. The molecular weight excluding hydrogens is 431 g/mol. The van der Waals surface area contributed by atoms with Crippen LogP contribution in [-0.2, 0) is 14.8 Å². The van der Waals surface area contributed by atoms with Crippen molar-refractivity contribution in [2.45, 2.75) is 0 Å². The highest BCUT2D eigenvalue weighted by atomic mass is 35.5. The van der Waals surface area contributed by atoms with Gasteiger partial charge in [0, 0.05) is 12.1 Å². The Balaban J connectivity index is 2.10. The SMILES string of the molecule is CS(=O)(=O)N(CC(=O)NN=Cc1ccc([N+](=O)[O-])cc1)c1cccc(Cl)c1Cl. The molecule has 0 heterocycles. The number of nitro benzene ring substituents is 1. The van der Waals surface area contributed by atoms with Gasteiger partial charge in [-0.25, -0.2) is 13.8 Å². The van der Waals surface area contributed by atoms with E-state index in [0.29, 0.717) is 5.56 Å². The summed E-state index contributed by atoms with van der Waals surface area (Å²) in [5.74, 6) is -0.723. The standard InChI is InChI=1S/C16H14Cl2N4O5S/c1-28(26,27)21(14-4-2-3-13(17)16(14)18)10-15(23)20-19-9-11-5-7-12(8-6-11)22(24)25/h2-9H,10H2,1H3,(H,20,23). The molecule has 0 saturated carbocycles. The summed E-state index contributed by atoms with van der Waals surface area (Å²) in [6.07, 6.45) is 2.19. The highest BCUT2D eigenvalue weighted by Crippen LogP contribution is 2.33. The van der Waals surface area contributed by atoms with E-state index in [2.05, 4.69) is 10.5 Å². The maximum absolute atomic E-state index is 12.1. The van der Waals surface area contributed by atoms with Crippen LogP contribution in [0.5, 0.6) is 0 Å². The van der Waals surface area contributed by atoms with Crippen LogP contribution in [0.1, 0.15) is 5.56 Å². The van der Waals surface area contributed by atoms with Crippen molar-refractivity contribution in [3.05, 3.63) is 68.2 Å². The number of non-ortho nitro benzene ring substituents is 1. The zero-order valence-electron chi connectivity index (χ0n) is 14.4. The lowest BCUT2D eigenvalue weighted by Gasteiger charge is -2.22. The number of sulfonamides is 1. The van der Waals surface area contributed by atoms with E-state index < -0.39 is 27.4 Å². The number of rotatable bonds is 7. The van der Waals surface area contributed by atoms with Gasteiger partial charge in [-0.15, -0.1) is 0 Å². The molecule has 0 fully saturated rings. The normalized spacial score (nSPS) is 11.4. The molecule has 0 spiro atoms. The fourth-order valence-corrected chi connectivity index (χ4v) is 3.40. The molecule has 9 nitrogen and oxygen atoms in total. The molecule has 0 bridgehead atoms. The van der Waals surface area contributed by atoms with Gasteiger partial charge >= 0.3 is 0 Å². The first kappa shape index (κ1) is 21.6. The number of nitrogens with one attached hydrogen (secondary N) is 1. The summed E-state index contributed by atoms with van der Waals surface area (Å²) >= 11 is 12.0. The molecule has 148 valence electrons. The van der Waals surface area contributed by atoms with Crippen LogP contribution in [0.25, 0.3) is 0 Å². The van der Waals surface area contributed by atoms with Gasteiger partial charge in [0.05, 0.1) is 33.1 Å². The van der Waals surface area contributed by atoms with Crippen LogP contribution in [0.15, 0.2) is 47.6 Å². The third kappa shape index (κ3) is 5.65. The number of carbonyl (C=O) groups is 1. The highest BCUT2D eigenvalue weighted by molar-refractivity contribution is 7.92. The molecule has 0 aliphatic heterocycles. The first-order chi connectivity index (χ1) is 13.1. The van der Waals surface area contributed by atoms with Crippen LogP contribution < -0.4 is 9.73 Å². The predicted molar refractivity (Wildman–Crippen MR) is 107 cm³/mol. The van der Waals surface area contributed by atoms with Crippen LogP contribution in [0.4, 0.5) is 11.4 Å². The van der Waals surface area contributed by atoms with E-state index in [0.717, 1.165) is 10.6 Å². The Hall–Kier alpha value is -2.69. The quantitative estimate of drug-likeness (QED) is 0.399. The number of halogens is 2. The minimum Gasteiger partial charge on any atom is -0.271 e. The number of anilines is 1. The number of benzene rings is 2. The predicted octanol–water partition coefficient (Wildman–Crippen LogP) is 2.82. The molecule has 1 N–H and O–H groups in total. The fourth-order valence-electron chi connectivity index (χ4n) is 2.09. The second-order valence-electron chi connectivity index (χ2n) is 5.48. The molecule has 0 aliphatic rings. The van der Waals surface area contributed by atoms with E-state index in [9.17, 15) is 23.3 Å². The Kier molecular flexibility index (Phi) is 6.95. The highest BCUT2D eigenvalue weighted by Gasteiger charge is 2.23. The molecule has 0 atom stereocenters. The van der Waals surface area contributed by atoms with Gasteiger partial charge in [0.1, 0.15) is 6.54 Å². The van der Waals surface area contributed by atoms with Crippen molar-refractivity contribution in [3.63, 3.8) is 0 Å². The Morgan fingerprint density at radius 2 is 1.89 bits per heavy atom. The smallest absolute Gasteiger partial charge is 0.269 e. The molecule has 0 saturated heterocycles. The number of hydrogen-bond donors (Lipinski definition) is 1. The molecule has 1 amide bonds. The summed E-state index contributed by atoms with van der Waals surface area (Å²) in [5.41, 5.74) is 2.67. The average Bonchev–Trinajstić information content (AvgIpc) is 2.62. The number of nitrogens with zero attached hydrogens (tertiary/aromatic N) is 3. The van der Waals surface area contributed by atoms with Gasteiger partial charge in [-0.3, -0.25) is 19.2 Å². The molecule has 0 aromatic heterocycles. The van der Waals surface area contributed by atoms with E-state index in [1.54, 1.807) is 0 Å². The molecule has 0 unspecified atom stereocenters. The summed E-state index contributed by atoms with van der Waals surface area (Å²) in [6.45, 7) is -0.573. The van der Waals surface area contributed by atoms with Gasteiger partial charge < -0.3 is 0 Å². The van der Waals surface area contributed by atoms with Crippen molar-refractivity contribution in [3.8, 4) is 0 Å². The Labute approximate surface area is 170 Å². The van der Waals surface area contributed by atoms with Crippen molar-refractivity contribution >= 4 is 56.7 Å². The zero-order valence-corrected chi connectivity index (χ0v) is 16.7. The topological polar surface area (TPSA) is 122 Å². The number of amides is 1. The van der Waals surface area contributed by atoms with Crippen LogP contribution in [-0.4, -0.2) is 38.3 Å². The second kappa shape index (κ2) is 9.00. The van der Waals surface area contributed by atoms with E-state index in [1.165, 1.54) is 48.7 Å². The van der Waals surface area contributed by atoms with Crippen molar-refractivity contribution in [2.24, 2.45) is 5.10 Å². The summed E-state index contributed by atoms with van der Waals surface area (Å²) < 4.78 is 24.9.